The number of allylic oxidation sites excluding steroid dienone is 1. The molecule has 2 atom stereocenters. The Morgan fingerprint density at radius 1 is 1.39 bits per heavy atom. The SMILES string of the molecule is COC(=O)C1=C(CF)NC2=C(C(=O)OC2)[C@H]1c1cccc(F)c1[C@H]1CC1(F)F. The molecule has 5 nitrogen and oxygen atoms in total. The van der Waals surface area contributed by atoms with E-state index in [1.165, 1.54) is 12.1 Å². The van der Waals surface area contributed by atoms with Crippen molar-refractivity contribution in [1.82, 2.24) is 5.32 Å². The number of ether oxygens (including phenoxy) is 2. The van der Waals surface area contributed by atoms with Crippen LogP contribution in [0, 0.1) is 5.82 Å². The highest BCUT2D eigenvalue weighted by atomic mass is 19.3. The van der Waals surface area contributed by atoms with Crippen molar-refractivity contribution in [2.24, 2.45) is 0 Å². The van der Waals surface area contributed by atoms with Gasteiger partial charge in [0.25, 0.3) is 5.92 Å². The van der Waals surface area contributed by atoms with Crippen LogP contribution in [0.15, 0.2) is 40.7 Å². The molecule has 1 aliphatic carbocycles. The van der Waals surface area contributed by atoms with Crippen LogP contribution in [0.25, 0.3) is 0 Å². The molecular formula is C19H15F4NO4. The number of nitrogens with one attached hydrogen (secondary N) is 1. The van der Waals surface area contributed by atoms with Gasteiger partial charge in [-0.1, -0.05) is 12.1 Å². The molecule has 3 aliphatic rings. The number of benzene rings is 1. The summed E-state index contributed by atoms with van der Waals surface area (Å²) >= 11 is 0. The number of hydrogen-bond donors (Lipinski definition) is 1. The van der Waals surface area contributed by atoms with Gasteiger partial charge in [0.05, 0.1) is 41.5 Å². The number of esters is 2. The first-order valence-electron chi connectivity index (χ1n) is 8.50. The van der Waals surface area contributed by atoms with E-state index in [9.17, 15) is 27.2 Å². The number of halogens is 4. The van der Waals surface area contributed by atoms with Crippen molar-refractivity contribution >= 4 is 11.9 Å². The normalized spacial score (nSPS) is 25.2. The Labute approximate surface area is 157 Å². The quantitative estimate of drug-likeness (QED) is 0.625. The van der Waals surface area contributed by atoms with Gasteiger partial charge in [-0.2, -0.15) is 0 Å². The molecule has 0 radical (unpaired) electrons. The molecule has 0 saturated heterocycles. The van der Waals surface area contributed by atoms with Crippen LogP contribution in [-0.4, -0.2) is 38.3 Å². The molecule has 1 N–H and O–H groups in total. The smallest absolute Gasteiger partial charge is 0.337 e. The monoisotopic (exact) mass is 397 g/mol. The molecule has 0 spiro atoms. The highest BCUT2D eigenvalue weighted by Crippen LogP contribution is 2.58. The average molecular weight is 397 g/mol. The summed E-state index contributed by atoms with van der Waals surface area (Å²) in [6.45, 7) is -1.29. The van der Waals surface area contributed by atoms with Crippen LogP contribution in [0.1, 0.15) is 29.4 Å². The number of hydrogen-bond acceptors (Lipinski definition) is 5. The molecule has 148 valence electrons. The molecule has 1 aromatic carbocycles. The van der Waals surface area contributed by atoms with Gasteiger partial charge in [-0.3, -0.25) is 0 Å². The van der Waals surface area contributed by atoms with E-state index in [0.29, 0.717) is 0 Å². The zero-order valence-electron chi connectivity index (χ0n) is 14.7. The first kappa shape index (κ1) is 18.5. The van der Waals surface area contributed by atoms with Crippen LogP contribution >= 0.6 is 0 Å². The van der Waals surface area contributed by atoms with Gasteiger partial charge in [0, 0.05) is 12.0 Å². The summed E-state index contributed by atoms with van der Waals surface area (Å²) in [6, 6.07) is 3.69. The molecule has 1 saturated carbocycles. The fraction of sp³-hybridized carbons (Fsp3) is 0.368. The molecule has 1 aromatic rings. The maximum atomic E-state index is 14.6. The predicted octanol–water partition coefficient (Wildman–Crippen LogP) is 2.84. The molecular weight excluding hydrogens is 382 g/mol. The third-order valence-corrected chi connectivity index (χ3v) is 5.21. The molecule has 2 heterocycles. The van der Waals surface area contributed by atoms with E-state index in [4.69, 9.17) is 9.47 Å². The zero-order chi connectivity index (χ0) is 20.2. The minimum absolute atomic E-state index is 0.00127. The van der Waals surface area contributed by atoms with Gasteiger partial charge < -0.3 is 14.8 Å². The average Bonchev–Trinajstić information content (AvgIpc) is 3.13. The van der Waals surface area contributed by atoms with E-state index in [1.807, 2.05) is 0 Å². The molecule has 28 heavy (non-hydrogen) atoms. The van der Waals surface area contributed by atoms with E-state index in [1.54, 1.807) is 0 Å². The predicted molar refractivity (Wildman–Crippen MR) is 87.6 cm³/mol. The lowest BCUT2D eigenvalue weighted by atomic mass is 9.78. The number of cyclic esters (lactones) is 1. The van der Waals surface area contributed by atoms with Gasteiger partial charge in [0.2, 0.25) is 0 Å². The molecule has 0 unspecified atom stereocenters. The standard InChI is InChI=1S/C19H15F4NO4/c1-27-17(25)15-11(6-20)24-12-7-28-18(26)16(12)14(15)8-3-2-4-10(21)13(8)9-5-19(9,22)23/h2-4,9,14,24H,5-7H2,1H3/t9-,14+/m1/s1. The molecule has 0 aromatic heterocycles. The van der Waals surface area contributed by atoms with Gasteiger partial charge in [0.1, 0.15) is 19.1 Å². The summed E-state index contributed by atoms with van der Waals surface area (Å²) in [5.41, 5.74) is -0.543. The Bertz CT molecular complexity index is 953. The first-order chi connectivity index (χ1) is 13.3. The number of methoxy groups -OCH3 is 1. The van der Waals surface area contributed by atoms with Gasteiger partial charge in [-0.25, -0.2) is 27.2 Å². The first-order valence-corrected chi connectivity index (χ1v) is 8.50. The minimum Gasteiger partial charge on any atom is -0.466 e. The Morgan fingerprint density at radius 2 is 2.11 bits per heavy atom. The fourth-order valence-corrected chi connectivity index (χ4v) is 3.85. The molecule has 1 fully saturated rings. The van der Waals surface area contributed by atoms with Crippen molar-refractivity contribution in [3.63, 3.8) is 0 Å². The topological polar surface area (TPSA) is 64.6 Å². The summed E-state index contributed by atoms with van der Waals surface area (Å²) in [5.74, 6) is -8.36. The lowest BCUT2D eigenvalue weighted by Crippen LogP contribution is -2.32. The second kappa shape index (κ2) is 6.35. The second-order valence-corrected chi connectivity index (χ2v) is 6.80. The summed E-state index contributed by atoms with van der Waals surface area (Å²) in [6.07, 6.45) is -0.546. The second-order valence-electron chi connectivity index (χ2n) is 6.80. The van der Waals surface area contributed by atoms with Crippen molar-refractivity contribution < 1.29 is 36.6 Å². The Hall–Kier alpha value is -2.84. The number of carbonyl (C=O) groups excluding carboxylic acids is 2. The van der Waals surface area contributed by atoms with Crippen LogP contribution in [0.2, 0.25) is 0 Å². The van der Waals surface area contributed by atoms with Gasteiger partial charge in [0.15, 0.2) is 0 Å². The highest BCUT2D eigenvalue weighted by Gasteiger charge is 2.60. The van der Waals surface area contributed by atoms with Crippen molar-refractivity contribution in [2.75, 3.05) is 20.4 Å². The van der Waals surface area contributed by atoms with Crippen LogP contribution in [0.5, 0.6) is 0 Å². The Morgan fingerprint density at radius 3 is 2.71 bits per heavy atom. The lowest BCUT2D eigenvalue weighted by molar-refractivity contribution is -0.136. The van der Waals surface area contributed by atoms with Crippen LogP contribution in [-0.2, 0) is 19.1 Å². The van der Waals surface area contributed by atoms with Crippen LogP contribution < -0.4 is 5.32 Å². The highest BCUT2D eigenvalue weighted by molar-refractivity contribution is 6.01. The van der Waals surface area contributed by atoms with Crippen LogP contribution in [0.4, 0.5) is 17.6 Å². The van der Waals surface area contributed by atoms with Crippen molar-refractivity contribution in [1.29, 1.82) is 0 Å². The third kappa shape index (κ3) is 2.68. The summed E-state index contributed by atoms with van der Waals surface area (Å²) in [5, 5.41) is 2.65. The zero-order valence-corrected chi connectivity index (χ0v) is 14.7. The summed E-state index contributed by atoms with van der Waals surface area (Å²) in [7, 11) is 1.07. The number of rotatable bonds is 4. The van der Waals surface area contributed by atoms with Gasteiger partial charge in [-0.05, 0) is 11.6 Å². The van der Waals surface area contributed by atoms with Crippen molar-refractivity contribution in [3.05, 3.63) is 57.7 Å². The van der Waals surface area contributed by atoms with E-state index in [-0.39, 0.29) is 40.3 Å². The van der Waals surface area contributed by atoms with E-state index < -0.39 is 48.6 Å². The third-order valence-electron chi connectivity index (χ3n) is 5.21. The fourth-order valence-electron chi connectivity index (χ4n) is 3.85. The molecule has 2 aliphatic heterocycles. The minimum atomic E-state index is -3.09. The summed E-state index contributed by atoms with van der Waals surface area (Å²) in [4.78, 5) is 24.7. The van der Waals surface area contributed by atoms with Crippen molar-refractivity contribution in [3.8, 4) is 0 Å². The number of carbonyl (C=O) groups is 2. The number of dihydropyridines is 1. The van der Waals surface area contributed by atoms with E-state index in [2.05, 4.69) is 5.32 Å². The van der Waals surface area contributed by atoms with E-state index in [0.717, 1.165) is 13.2 Å². The van der Waals surface area contributed by atoms with Gasteiger partial charge >= 0.3 is 11.9 Å². The molecule has 0 amide bonds. The summed E-state index contributed by atoms with van der Waals surface area (Å²) < 4.78 is 65.5. The molecule has 0 bridgehead atoms. The Kier molecular flexibility index (Phi) is 4.20. The number of alkyl halides is 3. The lowest BCUT2D eigenvalue weighted by Gasteiger charge is -2.29. The maximum Gasteiger partial charge on any atom is 0.337 e. The molecule has 9 heteroatoms. The van der Waals surface area contributed by atoms with Crippen molar-refractivity contribution in [2.45, 2.75) is 24.2 Å². The van der Waals surface area contributed by atoms with Crippen LogP contribution in [0.3, 0.4) is 0 Å². The van der Waals surface area contributed by atoms with E-state index >= 15 is 0 Å². The Balaban J connectivity index is 1.96. The maximum absolute atomic E-state index is 14.6. The van der Waals surface area contributed by atoms with Gasteiger partial charge in [-0.15, -0.1) is 0 Å². The largest absolute Gasteiger partial charge is 0.466 e. The molecule has 4 rings (SSSR count).